The Balaban J connectivity index is 2.18. The summed E-state index contributed by atoms with van der Waals surface area (Å²) in [5, 5.41) is 3.59. The second-order valence-corrected chi connectivity index (χ2v) is 5.61. The summed E-state index contributed by atoms with van der Waals surface area (Å²) in [6.07, 6.45) is 3.53. The van der Waals surface area contributed by atoms with Gasteiger partial charge in [0, 0.05) is 6.61 Å². The molecule has 0 bridgehead atoms. The molecule has 1 aromatic rings. The highest BCUT2D eigenvalue weighted by Crippen LogP contribution is 2.37. The van der Waals surface area contributed by atoms with E-state index in [9.17, 15) is 0 Å². The van der Waals surface area contributed by atoms with Crippen LogP contribution in [0.2, 0.25) is 0 Å². The molecule has 2 unspecified atom stereocenters. The standard InChI is InChI=1S/C17H27NO2/c1-4-18-16(17(3)12-6-7-13-20-17)14-8-10-15(11-9-14)19-5-2/h8-11,16,18H,4-7,12-13H2,1-3H3. The number of nitrogens with one attached hydrogen (secondary N) is 1. The first-order valence-corrected chi connectivity index (χ1v) is 7.79. The largest absolute Gasteiger partial charge is 0.494 e. The van der Waals surface area contributed by atoms with E-state index in [0.717, 1.165) is 25.3 Å². The summed E-state index contributed by atoms with van der Waals surface area (Å²) in [6.45, 7) is 8.90. The molecule has 1 fully saturated rings. The Morgan fingerprint density at radius 3 is 2.55 bits per heavy atom. The maximum absolute atomic E-state index is 6.12. The predicted octanol–water partition coefficient (Wildman–Crippen LogP) is 3.70. The van der Waals surface area contributed by atoms with Gasteiger partial charge < -0.3 is 14.8 Å². The normalized spacial score (nSPS) is 24.4. The zero-order valence-electron chi connectivity index (χ0n) is 12.9. The van der Waals surface area contributed by atoms with Gasteiger partial charge in [-0.2, -0.15) is 0 Å². The van der Waals surface area contributed by atoms with Gasteiger partial charge in [0.25, 0.3) is 0 Å². The molecule has 2 rings (SSSR count). The number of benzene rings is 1. The van der Waals surface area contributed by atoms with E-state index in [1.54, 1.807) is 0 Å². The van der Waals surface area contributed by atoms with Crippen molar-refractivity contribution < 1.29 is 9.47 Å². The van der Waals surface area contributed by atoms with Gasteiger partial charge in [0.2, 0.25) is 0 Å². The summed E-state index contributed by atoms with van der Waals surface area (Å²) in [5.74, 6) is 0.932. The van der Waals surface area contributed by atoms with Crippen LogP contribution in [0.5, 0.6) is 5.75 Å². The van der Waals surface area contributed by atoms with Gasteiger partial charge in [-0.05, 0) is 57.4 Å². The van der Waals surface area contributed by atoms with Crippen molar-refractivity contribution in [3.8, 4) is 5.75 Å². The van der Waals surface area contributed by atoms with Gasteiger partial charge in [-0.3, -0.25) is 0 Å². The van der Waals surface area contributed by atoms with Gasteiger partial charge >= 0.3 is 0 Å². The van der Waals surface area contributed by atoms with Crippen molar-refractivity contribution in [2.45, 2.75) is 51.7 Å². The summed E-state index contributed by atoms with van der Waals surface area (Å²) >= 11 is 0. The highest BCUT2D eigenvalue weighted by Gasteiger charge is 2.37. The van der Waals surface area contributed by atoms with Crippen molar-refractivity contribution in [3.63, 3.8) is 0 Å². The summed E-state index contributed by atoms with van der Waals surface area (Å²) in [5.41, 5.74) is 1.17. The first-order chi connectivity index (χ1) is 9.69. The molecule has 0 aliphatic carbocycles. The molecule has 0 radical (unpaired) electrons. The molecule has 112 valence electrons. The lowest BCUT2D eigenvalue weighted by atomic mass is 9.84. The Hall–Kier alpha value is -1.06. The molecule has 1 aliphatic rings. The quantitative estimate of drug-likeness (QED) is 0.860. The Labute approximate surface area is 122 Å². The Kier molecular flexibility index (Phi) is 5.44. The third-order valence-corrected chi connectivity index (χ3v) is 4.04. The Morgan fingerprint density at radius 1 is 1.25 bits per heavy atom. The van der Waals surface area contributed by atoms with Crippen LogP contribution in [0.1, 0.15) is 51.6 Å². The average Bonchev–Trinajstić information content (AvgIpc) is 2.47. The van der Waals surface area contributed by atoms with E-state index in [1.165, 1.54) is 18.4 Å². The molecule has 0 saturated carbocycles. The number of hydrogen-bond acceptors (Lipinski definition) is 3. The molecule has 0 aromatic heterocycles. The molecule has 0 amide bonds. The van der Waals surface area contributed by atoms with Gasteiger partial charge in [-0.1, -0.05) is 19.1 Å². The minimum atomic E-state index is -0.110. The van der Waals surface area contributed by atoms with Crippen molar-refractivity contribution in [2.75, 3.05) is 19.8 Å². The maximum Gasteiger partial charge on any atom is 0.119 e. The van der Waals surface area contributed by atoms with Gasteiger partial charge in [0.05, 0.1) is 18.2 Å². The minimum absolute atomic E-state index is 0.110. The van der Waals surface area contributed by atoms with Crippen LogP contribution in [0.4, 0.5) is 0 Å². The monoisotopic (exact) mass is 277 g/mol. The van der Waals surface area contributed by atoms with E-state index < -0.39 is 0 Å². The molecular formula is C17H27NO2. The van der Waals surface area contributed by atoms with Crippen LogP contribution in [0, 0.1) is 0 Å². The lowest BCUT2D eigenvalue weighted by Crippen LogP contribution is -2.45. The molecule has 3 nitrogen and oxygen atoms in total. The van der Waals surface area contributed by atoms with Gasteiger partial charge in [0.1, 0.15) is 5.75 Å². The van der Waals surface area contributed by atoms with Crippen LogP contribution in [0.15, 0.2) is 24.3 Å². The average molecular weight is 277 g/mol. The minimum Gasteiger partial charge on any atom is -0.494 e. The predicted molar refractivity (Wildman–Crippen MR) is 82.2 cm³/mol. The van der Waals surface area contributed by atoms with Crippen LogP contribution in [-0.2, 0) is 4.74 Å². The second kappa shape index (κ2) is 7.09. The highest BCUT2D eigenvalue weighted by atomic mass is 16.5. The van der Waals surface area contributed by atoms with Crippen molar-refractivity contribution >= 4 is 0 Å². The number of likely N-dealkylation sites (N-methyl/N-ethyl adjacent to an activating group) is 1. The molecule has 3 heteroatoms. The summed E-state index contributed by atoms with van der Waals surface area (Å²) in [6, 6.07) is 8.65. The molecule has 1 saturated heterocycles. The topological polar surface area (TPSA) is 30.5 Å². The maximum atomic E-state index is 6.12. The SMILES string of the molecule is CCNC(c1ccc(OCC)cc1)C1(C)CCCCO1. The fraction of sp³-hybridized carbons (Fsp3) is 0.647. The Bertz CT molecular complexity index is 396. The number of rotatable bonds is 6. The van der Waals surface area contributed by atoms with E-state index >= 15 is 0 Å². The van der Waals surface area contributed by atoms with Gasteiger partial charge in [0.15, 0.2) is 0 Å². The lowest BCUT2D eigenvalue weighted by Gasteiger charge is -2.41. The molecular weight excluding hydrogens is 250 g/mol. The lowest BCUT2D eigenvalue weighted by molar-refractivity contribution is -0.0895. The van der Waals surface area contributed by atoms with Crippen molar-refractivity contribution in [1.82, 2.24) is 5.32 Å². The van der Waals surface area contributed by atoms with Crippen LogP contribution in [-0.4, -0.2) is 25.4 Å². The summed E-state index contributed by atoms with van der Waals surface area (Å²) < 4.78 is 11.6. The zero-order valence-corrected chi connectivity index (χ0v) is 12.9. The third kappa shape index (κ3) is 3.53. The van der Waals surface area contributed by atoms with Crippen molar-refractivity contribution in [3.05, 3.63) is 29.8 Å². The van der Waals surface area contributed by atoms with E-state index in [-0.39, 0.29) is 11.6 Å². The summed E-state index contributed by atoms with van der Waals surface area (Å²) in [7, 11) is 0. The van der Waals surface area contributed by atoms with Crippen LogP contribution >= 0.6 is 0 Å². The molecule has 20 heavy (non-hydrogen) atoms. The van der Waals surface area contributed by atoms with Gasteiger partial charge in [-0.15, -0.1) is 0 Å². The van der Waals surface area contributed by atoms with E-state index in [4.69, 9.17) is 9.47 Å². The van der Waals surface area contributed by atoms with Gasteiger partial charge in [-0.25, -0.2) is 0 Å². The van der Waals surface area contributed by atoms with Crippen molar-refractivity contribution in [2.24, 2.45) is 0 Å². The summed E-state index contributed by atoms with van der Waals surface area (Å²) in [4.78, 5) is 0. The smallest absolute Gasteiger partial charge is 0.119 e. The van der Waals surface area contributed by atoms with E-state index in [2.05, 4.69) is 43.4 Å². The molecule has 0 spiro atoms. The molecule has 1 N–H and O–H groups in total. The fourth-order valence-electron chi connectivity index (χ4n) is 3.00. The molecule has 1 heterocycles. The number of ether oxygens (including phenoxy) is 2. The first kappa shape index (κ1) is 15.3. The van der Waals surface area contributed by atoms with Crippen LogP contribution in [0.25, 0.3) is 0 Å². The molecule has 2 atom stereocenters. The van der Waals surface area contributed by atoms with Crippen LogP contribution < -0.4 is 10.1 Å². The fourth-order valence-corrected chi connectivity index (χ4v) is 3.00. The molecule has 1 aromatic carbocycles. The zero-order chi connectivity index (χ0) is 14.4. The molecule has 1 aliphatic heterocycles. The second-order valence-electron chi connectivity index (χ2n) is 5.61. The van der Waals surface area contributed by atoms with Crippen molar-refractivity contribution in [1.29, 1.82) is 0 Å². The van der Waals surface area contributed by atoms with E-state index in [1.807, 2.05) is 6.92 Å². The number of hydrogen-bond donors (Lipinski definition) is 1. The third-order valence-electron chi connectivity index (χ3n) is 4.04. The first-order valence-electron chi connectivity index (χ1n) is 7.79. The van der Waals surface area contributed by atoms with Crippen LogP contribution in [0.3, 0.4) is 0 Å². The highest BCUT2D eigenvalue weighted by molar-refractivity contribution is 5.30. The Morgan fingerprint density at radius 2 is 2.00 bits per heavy atom. The van der Waals surface area contributed by atoms with E-state index in [0.29, 0.717) is 6.61 Å².